The highest BCUT2D eigenvalue weighted by atomic mass is 32.1. The van der Waals surface area contributed by atoms with E-state index in [-0.39, 0.29) is 0 Å². The van der Waals surface area contributed by atoms with Gasteiger partial charge in [-0.1, -0.05) is 89.0 Å². The van der Waals surface area contributed by atoms with Gasteiger partial charge in [0, 0.05) is 5.69 Å². The Balaban J connectivity index is 1.33. The number of nitrogens with one attached hydrogen (secondary N) is 1. The molecule has 1 heterocycles. The van der Waals surface area contributed by atoms with Crippen LogP contribution in [-0.2, 0) is 13.1 Å². The zero-order valence-corrected chi connectivity index (χ0v) is 20.0. The van der Waals surface area contributed by atoms with Gasteiger partial charge >= 0.3 is 0 Å². The third-order valence-corrected chi connectivity index (χ3v) is 7.22. The second-order valence-corrected chi connectivity index (χ2v) is 9.90. The SMILES string of the molecule is CCCCCCCCCCCCc1ccc(NCn2c(=S)sc3ccccc32)cc1. The van der Waals surface area contributed by atoms with Crippen molar-refractivity contribution >= 4 is 39.5 Å². The molecular formula is C26H36N2S2. The highest BCUT2D eigenvalue weighted by Gasteiger charge is 2.04. The van der Waals surface area contributed by atoms with E-state index >= 15 is 0 Å². The first-order valence-electron chi connectivity index (χ1n) is 11.7. The van der Waals surface area contributed by atoms with Gasteiger partial charge in [0.05, 0.1) is 16.9 Å². The topological polar surface area (TPSA) is 17.0 Å². The Kier molecular flexibility index (Phi) is 9.91. The number of thiazole rings is 1. The fourth-order valence-electron chi connectivity index (χ4n) is 3.94. The molecule has 1 N–H and O–H groups in total. The first kappa shape index (κ1) is 23.0. The van der Waals surface area contributed by atoms with Crippen LogP contribution in [0.15, 0.2) is 48.5 Å². The summed E-state index contributed by atoms with van der Waals surface area (Å²) in [5.74, 6) is 0. The van der Waals surface area contributed by atoms with Crippen molar-refractivity contribution < 1.29 is 0 Å². The Morgan fingerprint density at radius 3 is 2.13 bits per heavy atom. The lowest BCUT2D eigenvalue weighted by Crippen LogP contribution is -2.07. The fourth-order valence-corrected chi connectivity index (χ4v) is 5.26. The van der Waals surface area contributed by atoms with Gasteiger partial charge in [-0.05, 0) is 54.9 Å². The van der Waals surface area contributed by atoms with Gasteiger partial charge in [0.25, 0.3) is 0 Å². The third kappa shape index (κ3) is 7.24. The number of fused-ring (bicyclic) bond motifs is 1. The van der Waals surface area contributed by atoms with Gasteiger partial charge in [-0.2, -0.15) is 0 Å². The molecule has 0 fully saturated rings. The molecule has 0 atom stereocenters. The molecule has 0 spiro atoms. The maximum absolute atomic E-state index is 5.54. The number of para-hydroxylation sites is 1. The normalized spacial score (nSPS) is 11.2. The highest BCUT2D eigenvalue weighted by molar-refractivity contribution is 7.73. The minimum Gasteiger partial charge on any atom is -0.367 e. The Bertz CT molecular complexity index is 924. The minimum atomic E-state index is 0.709. The van der Waals surface area contributed by atoms with Crippen LogP contribution in [0, 0.1) is 3.95 Å². The number of nitrogens with zero attached hydrogens (tertiary/aromatic N) is 1. The molecule has 0 saturated carbocycles. The van der Waals surface area contributed by atoms with Crippen molar-refractivity contribution in [1.29, 1.82) is 0 Å². The summed E-state index contributed by atoms with van der Waals surface area (Å²) in [4.78, 5) is 0. The van der Waals surface area contributed by atoms with Gasteiger partial charge in [0.1, 0.15) is 0 Å². The van der Waals surface area contributed by atoms with Crippen molar-refractivity contribution in [1.82, 2.24) is 4.57 Å². The van der Waals surface area contributed by atoms with Crippen molar-refractivity contribution in [2.75, 3.05) is 5.32 Å². The van der Waals surface area contributed by atoms with Gasteiger partial charge in [0.15, 0.2) is 3.95 Å². The molecule has 162 valence electrons. The first-order chi connectivity index (χ1) is 14.8. The molecule has 0 bridgehead atoms. The second-order valence-electron chi connectivity index (χ2n) is 8.23. The van der Waals surface area contributed by atoms with Crippen molar-refractivity contribution in [3.05, 3.63) is 58.0 Å². The van der Waals surface area contributed by atoms with Gasteiger partial charge in [0.2, 0.25) is 0 Å². The number of aromatic nitrogens is 1. The maximum atomic E-state index is 5.54. The number of rotatable bonds is 14. The zero-order chi connectivity index (χ0) is 21.0. The van der Waals surface area contributed by atoms with E-state index in [0.717, 1.165) is 9.64 Å². The number of anilines is 1. The summed E-state index contributed by atoms with van der Waals surface area (Å²) in [5, 5.41) is 3.52. The third-order valence-electron chi connectivity index (χ3n) is 5.79. The maximum Gasteiger partial charge on any atom is 0.163 e. The summed E-state index contributed by atoms with van der Waals surface area (Å²) in [6.07, 6.45) is 15.1. The van der Waals surface area contributed by atoms with Crippen LogP contribution >= 0.6 is 23.6 Å². The van der Waals surface area contributed by atoms with Crippen LogP contribution < -0.4 is 5.32 Å². The number of unbranched alkanes of at least 4 members (excludes halogenated alkanes) is 9. The van der Waals surface area contributed by atoms with E-state index in [1.165, 1.54) is 86.4 Å². The highest BCUT2D eigenvalue weighted by Crippen LogP contribution is 2.23. The van der Waals surface area contributed by atoms with Crippen LogP contribution in [0.5, 0.6) is 0 Å². The predicted octanol–water partition coefficient (Wildman–Crippen LogP) is 8.97. The minimum absolute atomic E-state index is 0.709. The fraction of sp³-hybridized carbons (Fsp3) is 0.500. The number of hydrogen-bond acceptors (Lipinski definition) is 3. The Morgan fingerprint density at radius 2 is 1.43 bits per heavy atom. The Morgan fingerprint density at radius 1 is 0.800 bits per heavy atom. The molecule has 2 nitrogen and oxygen atoms in total. The summed E-state index contributed by atoms with van der Waals surface area (Å²) in [6, 6.07) is 17.3. The average molecular weight is 441 g/mol. The number of hydrogen-bond donors (Lipinski definition) is 1. The van der Waals surface area contributed by atoms with Crippen LogP contribution in [0.4, 0.5) is 5.69 Å². The summed E-state index contributed by atoms with van der Waals surface area (Å²) < 4.78 is 4.34. The smallest absolute Gasteiger partial charge is 0.163 e. The molecule has 3 rings (SSSR count). The van der Waals surface area contributed by atoms with E-state index in [0.29, 0.717) is 6.67 Å². The summed E-state index contributed by atoms with van der Waals surface area (Å²) in [7, 11) is 0. The van der Waals surface area contributed by atoms with E-state index in [1.807, 2.05) is 0 Å². The monoisotopic (exact) mass is 440 g/mol. The van der Waals surface area contributed by atoms with E-state index in [9.17, 15) is 0 Å². The van der Waals surface area contributed by atoms with E-state index < -0.39 is 0 Å². The summed E-state index contributed by atoms with van der Waals surface area (Å²) in [6.45, 7) is 2.99. The zero-order valence-electron chi connectivity index (χ0n) is 18.4. The lowest BCUT2D eigenvalue weighted by atomic mass is 10.0. The standard InChI is InChI=1S/C26H36N2S2/c1-2-3-4-5-6-7-8-9-10-11-14-22-17-19-23(20-18-22)27-21-28-24-15-12-13-16-25(24)30-26(28)29/h12-13,15-20,27H,2-11,14,21H2,1H3. The Hall–Kier alpha value is -1.65. The van der Waals surface area contributed by atoms with Gasteiger partial charge in [-0.25, -0.2) is 0 Å². The van der Waals surface area contributed by atoms with Crippen molar-refractivity contribution in [2.45, 2.75) is 84.2 Å². The van der Waals surface area contributed by atoms with Crippen LogP contribution in [0.1, 0.15) is 76.7 Å². The number of benzene rings is 2. The van der Waals surface area contributed by atoms with E-state index in [2.05, 4.69) is 65.3 Å². The van der Waals surface area contributed by atoms with E-state index in [1.54, 1.807) is 11.3 Å². The largest absolute Gasteiger partial charge is 0.367 e. The van der Waals surface area contributed by atoms with Crippen LogP contribution in [-0.4, -0.2) is 4.57 Å². The van der Waals surface area contributed by atoms with Crippen molar-refractivity contribution in [2.24, 2.45) is 0 Å². The molecule has 30 heavy (non-hydrogen) atoms. The quantitative estimate of drug-likeness (QED) is 0.199. The molecule has 0 unspecified atom stereocenters. The predicted molar refractivity (Wildman–Crippen MR) is 136 cm³/mol. The molecule has 0 aliphatic carbocycles. The first-order valence-corrected chi connectivity index (χ1v) is 12.9. The molecule has 3 aromatic rings. The summed E-state index contributed by atoms with van der Waals surface area (Å²) in [5.41, 5.74) is 3.80. The summed E-state index contributed by atoms with van der Waals surface area (Å²) >= 11 is 7.21. The van der Waals surface area contributed by atoms with Crippen LogP contribution in [0.25, 0.3) is 10.2 Å². The van der Waals surface area contributed by atoms with Crippen molar-refractivity contribution in [3.8, 4) is 0 Å². The number of aryl methyl sites for hydroxylation is 1. The molecule has 0 aliphatic heterocycles. The van der Waals surface area contributed by atoms with Crippen LogP contribution in [0.3, 0.4) is 0 Å². The van der Waals surface area contributed by atoms with Gasteiger partial charge < -0.3 is 9.88 Å². The van der Waals surface area contributed by atoms with Gasteiger partial charge in [-0.3, -0.25) is 0 Å². The molecular weight excluding hydrogens is 404 g/mol. The molecule has 0 amide bonds. The average Bonchev–Trinajstić information content (AvgIpc) is 3.09. The molecule has 1 aromatic heterocycles. The lowest BCUT2D eigenvalue weighted by molar-refractivity contribution is 0.556. The molecule has 4 heteroatoms. The molecule has 0 saturated heterocycles. The second kappa shape index (κ2) is 12.9. The molecule has 0 radical (unpaired) electrons. The van der Waals surface area contributed by atoms with E-state index in [4.69, 9.17) is 12.2 Å². The molecule has 0 aliphatic rings. The molecule has 2 aromatic carbocycles. The Labute approximate surface area is 191 Å². The van der Waals surface area contributed by atoms with Crippen molar-refractivity contribution in [3.63, 3.8) is 0 Å². The van der Waals surface area contributed by atoms with Gasteiger partial charge in [-0.15, -0.1) is 11.3 Å². The van der Waals surface area contributed by atoms with Crippen LogP contribution in [0.2, 0.25) is 0 Å². The lowest BCUT2D eigenvalue weighted by Gasteiger charge is -2.10.